The fourth-order valence-electron chi connectivity index (χ4n) is 1.24. The number of rotatable bonds is 2. The summed E-state index contributed by atoms with van der Waals surface area (Å²) in [5.41, 5.74) is 1.07. The van der Waals surface area contributed by atoms with E-state index >= 15 is 0 Å². The number of aliphatic carboxylic acids is 1. The van der Waals surface area contributed by atoms with Crippen LogP contribution < -0.4 is 0 Å². The largest absolute Gasteiger partial charge is 0.479 e. The Bertz CT molecular complexity index is 374. The van der Waals surface area contributed by atoms with Gasteiger partial charge in [-0.25, -0.2) is 9.18 Å². The van der Waals surface area contributed by atoms with Crippen molar-refractivity contribution in [1.29, 1.82) is 0 Å². The Kier molecular flexibility index (Phi) is 2.86. The molecule has 2 N–H and O–H groups in total. The molecule has 76 valence electrons. The Morgan fingerprint density at radius 1 is 1.36 bits per heavy atom. The zero-order valence-electron chi connectivity index (χ0n) is 7.91. The first kappa shape index (κ1) is 10.7. The Labute approximate surface area is 80.8 Å². The minimum Gasteiger partial charge on any atom is -0.479 e. The lowest BCUT2D eigenvalue weighted by Crippen LogP contribution is -2.12. The fraction of sp³-hybridized carbons (Fsp3) is 0.300. The average molecular weight is 198 g/mol. The number of carbonyl (C=O) groups is 1. The number of halogens is 1. The van der Waals surface area contributed by atoms with Crippen LogP contribution in [0.1, 0.15) is 22.8 Å². The monoisotopic (exact) mass is 198 g/mol. The molecule has 0 aliphatic rings. The molecule has 0 spiro atoms. The summed E-state index contributed by atoms with van der Waals surface area (Å²) in [4.78, 5) is 10.5. The van der Waals surface area contributed by atoms with E-state index in [-0.39, 0.29) is 5.56 Å². The zero-order chi connectivity index (χ0) is 10.9. The van der Waals surface area contributed by atoms with Crippen molar-refractivity contribution in [3.63, 3.8) is 0 Å². The van der Waals surface area contributed by atoms with Crippen molar-refractivity contribution in [2.45, 2.75) is 20.0 Å². The molecule has 0 fully saturated rings. The number of benzene rings is 1. The number of hydrogen-bond acceptors (Lipinski definition) is 2. The van der Waals surface area contributed by atoms with Crippen LogP contribution >= 0.6 is 0 Å². The molecule has 14 heavy (non-hydrogen) atoms. The van der Waals surface area contributed by atoms with E-state index < -0.39 is 17.9 Å². The molecule has 0 radical (unpaired) electrons. The summed E-state index contributed by atoms with van der Waals surface area (Å²) in [6.45, 7) is 3.13. The molecule has 0 saturated carbocycles. The molecule has 1 aromatic rings. The van der Waals surface area contributed by atoms with Gasteiger partial charge in [-0.1, -0.05) is 6.07 Å². The molecule has 4 heteroatoms. The second-order valence-corrected chi connectivity index (χ2v) is 3.13. The van der Waals surface area contributed by atoms with Crippen LogP contribution in [0.4, 0.5) is 4.39 Å². The van der Waals surface area contributed by atoms with Crippen molar-refractivity contribution in [3.8, 4) is 0 Å². The average Bonchev–Trinajstić information content (AvgIpc) is 2.13. The van der Waals surface area contributed by atoms with Crippen LogP contribution in [0.2, 0.25) is 0 Å². The van der Waals surface area contributed by atoms with Crippen LogP contribution in [0, 0.1) is 19.7 Å². The minimum atomic E-state index is -1.59. The topological polar surface area (TPSA) is 57.5 Å². The van der Waals surface area contributed by atoms with Gasteiger partial charge in [0.25, 0.3) is 0 Å². The van der Waals surface area contributed by atoms with Crippen molar-refractivity contribution in [3.05, 3.63) is 34.6 Å². The van der Waals surface area contributed by atoms with Gasteiger partial charge in [0.2, 0.25) is 0 Å². The third kappa shape index (κ3) is 1.75. The van der Waals surface area contributed by atoms with E-state index in [1.165, 1.54) is 6.07 Å². The van der Waals surface area contributed by atoms with Crippen molar-refractivity contribution < 1.29 is 19.4 Å². The van der Waals surface area contributed by atoms with Crippen LogP contribution in [0.3, 0.4) is 0 Å². The van der Waals surface area contributed by atoms with Crippen molar-refractivity contribution in [2.24, 2.45) is 0 Å². The molecular formula is C10H11FO3. The number of hydrogen-bond donors (Lipinski definition) is 2. The summed E-state index contributed by atoms with van der Waals surface area (Å²) in [5, 5.41) is 17.8. The molecular weight excluding hydrogens is 187 g/mol. The van der Waals surface area contributed by atoms with E-state index in [0.717, 1.165) is 6.07 Å². The molecule has 0 heterocycles. The van der Waals surface area contributed by atoms with Gasteiger partial charge in [-0.15, -0.1) is 0 Å². The molecule has 0 saturated heterocycles. The lowest BCUT2D eigenvalue weighted by atomic mass is 9.99. The van der Waals surface area contributed by atoms with Crippen molar-refractivity contribution in [2.75, 3.05) is 0 Å². The highest BCUT2D eigenvalue weighted by molar-refractivity contribution is 5.74. The number of carboxylic acid groups (broad SMARTS) is 1. The van der Waals surface area contributed by atoms with Crippen LogP contribution in [-0.2, 0) is 4.79 Å². The SMILES string of the molecule is Cc1c(F)ccc(C(O)C(=O)O)c1C. The highest BCUT2D eigenvalue weighted by Crippen LogP contribution is 2.22. The van der Waals surface area contributed by atoms with Gasteiger partial charge in [0.15, 0.2) is 6.10 Å². The van der Waals surface area contributed by atoms with Crippen molar-refractivity contribution in [1.82, 2.24) is 0 Å². The molecule has 1 aromatic carbocycles. The third-order valence-corrected chi connectivity index (χ3v) is 2.29. The van der Waals surface area contributed by atoms with Gasteiger partial charge in [0, 0.05) is 0 Å². The Hall–Kier alpha value is -1.42. The predicted octanol–water partition coefficient (Wildman–Crippen LogP) is 1.56. The quantitative estimate of drug-likeness (QED) is 0.758. The van der Waals surface area contributed by atoms with E-state index in [1.807, 2.05) is 0 Å². The van der Waals surface area contributed by atoms with Gasteiger partial charge in [0.1, 0.15) is 5.82 Å². The van der Waals surface area contributed by atoms with Gasteiger partial charge >= 0.3 is 5.97 Å². The van der Waals surface area contributed by atoms with E-state index in [4.69, 9.17) is 5.11 Å². The normalized spacial score (nSPS) is 12.6. The lowest BCUT2D eigenvalue weighted by Gasteiger charge is -2.11. The minimum absolute atomic E-state index is 0.233. The highest BCUT2D eigenvalue weighted by Gasteiger charge is 2.19. The van der Waals surface area contributed by atoms with Crippen LogP contribution in [0.25, 0.3) is 0 Å². The van der Waals surface area contributed by atoms with Gasteiger partial charge < -0.3 is 10.2 Å². The first-order chi connectivity index (χ1) is 6.45. The van der Waals surface area contributed by atoms with Crippen LogP contribution in [-0.4, -0.2) is 16.2 Å². The Morgan fingerprint density at radius 2 is 1.93 bits per heavy atom. The molecule has 3 nitrogen and oxygen atoms in total. The van der Waals surface area contributed by atoms with E-state index in [1.54, 1.807) is 13.8 Å². The molecule has 0 aromatic heterocycles. The van der Waals surface area contributed by atoms with Gasteiger partial charge in [-0.3, -0.25) is 0 Å². The van der Waals surface area contributed by atoms with E-state index in [2.05, 4.69) is 0 Å². The summed E-state index contributed by atoms with van der Waals surface area (Å²) in [5.74, 6) is -1.73. The molecule has 0 amide bonds. The Balaban J connectivity index is 3.24. The summed E-state index contributed by atoms with van der Waals surface area (Å²) in [6.07, 6.45) is -1.59. The highest BCUT2D eigenvalue weighted by atomic mass is 19.1. The smallest absolute Gasteiger partial charge is 0.337 e. The summed E-state index contributed by atoms with van der Waals surface area (Å²) >= 11 is 0. The zero-order valence-corrected chi connectivity index (χ0v) is 7.91. The predicted molar refractivity (Wildman–Crippen MR) is 48.5 cm³/mol. The first-order valence-corrected chi connectivity index (χ1v) is 4.11. The maximum absolute atomic E-state index is 13.0. The lowest BCUT2D eigenvalue weighted by molar-refractivity contribution is -0.147. The number of carboxylic acids is 1. The summed E-state index contributed by atoms with van der Waals surface area (Å²) in [7, 11) is 0. The molecule has 1 atom stereocenters. The van der Waals surface area contributed by atoms with Gasteiger partial charge in [-0.05, 0) is 36.6 Å². The summed E-state index contributed by atoms with van der Waals surface area (Å²) < 4.78 is 13.0. The standard InChI is InChI=1S/C10H11FO3/c1-5-6(2)8(11)4-3-7(5)9(12)10(13)14/h3-4,9,12H,1-2H3,(H,13,14). The maximum Gasteiger partial charge on any atom is 0.337 e. The molecule has 1 rings (SSSR count). The van der Waals surface area contributed by atoms with Gasteiger partial charge in [0.05, 0.1) is 0 Å². The van der Waals surface area contributed by atoms with E-state index in [0.29, 0.717) is 11.1 Å². The maximum atomic E-state index is 13.0. The second kappa shape index (κ2) is 3.75. The molecule has 1 unspecified atom stereocenters. The summed E-state index contributed by atoms with van der Waals surface area (Å²) in [6, 6.07) is 2.44. The third-order valence-electron chi connectivity index (χ3n) is 2.29. The fourth-order valence-corrected chi connectivity index (χ4v) is 1.24. The Morgan fingerprint density at radius 3 is 2.43 bits per heavy atom. The molecule has 0 aliphatic carbocycles. The van der Waals surface area contributed by atoms with Crippen molar-refractivity contribution >= 4 is 5.97 Å². The van der Waals surface area contributed by atoms with Crippen LogP contribution in [0.15, 0.2) is 12.1 Å². The van der Waals surface area contributed by atoms with Gasteiger partial charge in [-0.2, -0.15) is 0 Å². The molecule has 0 bridgehead atoms. The second-order valence-electron chi connectivity index (χ2n) is 3.13. The number of aliphatic hydroxyl groups is 1. The van der Waals surface area contributed by atoms with Crippen LogP contribution in [0.5, 0.6) is 0 Å². The van der Waals surface area contributed by atoms with E-state index in [9.17, 15) is 14.3 Å². The number of aliphatic hydroxyl groups excluding tert-OH is 1. The first-order valence-electron chi connectivity index (χ1n) is 4.11. The molecule has 0 aliphatic heterocycles.